The minimum absolute atomic E-state index is 0.111. The SMILES string of the molecule is O=C1CCc2c(OCC3CN(C(=O)c4ccc(OCC(F)(F)F)nc4)CCO3)cccc21. The molecule has 4 rings (SSSR count). The minimum atomic E-state index is -4.46. The molecule has 1 aliphatic heterocycles. The Balaban J connectivity index is 1.33. The van der Waals surface area contributed by atoms with Gasteiger partial charge in [-0.15, -0.1) is 0 Å². The first kappa shape index (κ1) is 22.1. The largest absolute Gasteiger partial charge is 0.491 e. The number of fused-ring (bicyclic) bond motifs is 1. The van der Waals surface area contributed by atoms with Crippen molar-refractivity contribution in [2.24, 2.45) is 0 Å². The molecule has 1 aliphatic carbocycles. The van der Waals surface area contributed by atoms with E-state index in [1.807, 2.05) is 6.07 Å². The zero-order valence-corrected chi connectivity index (χ0v) is 17.1. The molecule has 1 fully saturated rings. The minimum Gasteiger partial charge on any atom is -0.491 e. The molecule has 170 valence electrons. The lowest BCUT2D eigenvalue weighted by molar-refractivity contribution is -0.154. The molecule has 2 aliphatic rings. The fraction of sp³-hybridized carbons (Fsp3) is 0.409. The first-order valence-corrected chi connectivity index (χ1v) is 10.1. The van der Waals surface area contributed by atoms with Crippen LogP contribution in [0.4, 0.5) is 13.2 Å². The highest BCUT2D eigenvalue weighted by molar-refractivity contribution is 6.01. The second-order valence-corrected chi connectivity index (χ2v) is 7.55. The third-order valence-corrected chi connectivity index (χ3v) is 5.25. The number of hydrogen-bond acceptors (Lipinski definition) is 6. The van der Waals surface area contributed by atoms with Gasteiger partial charge >= 0.3 is 6.18 Å². The number of ketones is 1. The first-order chi connectivity index (χ1) is 15.3. The Bertz CT molecular complexity index is 994. The molecule has 0 bridgehead atoms. The highest BCUT2D eigenvalue weighted by atomic mass is 19.4. The van der Waals surface area contributed by atoms with Crippen molar-refractivity contribution in [2.45, 2.75) is 25.1 Å². The van der Waals surface area contributed by atoms with E-state index in [1.165, 1.54) is 18.3 Å². The number of ether oxygens (including phenoxy) is 3. The lowest BCUT2D eigenvalue weighted by atomic mass is 10.1. The topological polar surface area (TPSA) is 78.0 Å². The van der Waals surface area contributed by atoms with Crippen molar-refractivity contribution < 1.29 is 37.0 Å². The van der Waals surface area contributed by atoms with Gasteiger partial charge < -0.3 is 19.1 Å². The zero-order valence-electron chi connectivity index (χ0n) is 17.1. The molecular weight excluding hydrogens is 429 g/mol. The summed E-state index contributed by atoms with van der Waals surface area (Å²) < 4.78 is 52.9. The van der Waals surface area contributed by atoms with Crippen molar-refractivity contribution in [3.63, 3.8) is 0 Å². The summed E-state index contributed by atoms with van der Waals surface area (Å²) >= 11 is 0. The van der Waals surface area contributed by atoms with Gasteiger partial charge in [-0.1, -0.05) is 12.1 Å². The van der Waals surface area contributed by atoms with E-state index >= 15 is 0 Å². The second kappa shape index (κ2) is 9.15. The number of rotatable bonds is 6. The smallest absolute Gasteiger partial charge is 0.422 e. The van der Waals surface area contributed by atoms with Gasteiger partial charge in [-0.05, 0) is 18.6 Å². The maximum absolute atomic E-state index is 12.8. The Hall–Kier alpha value is -3.14. The number of Topliss-reactive ketones (excluding diaryl/α,β-unsaturated/α-hetero) is 1. The number of hydrogen-bond donors (Lipinski definition) is 0. The van der Waals surface area contributed by atoms with Crippen LogP contribution in [-0.4, -0.2) is 66.8 Å². The van der Waals surface area contributed by atoms with Crippen LogP contribution in [0.3, 0.4) is 0 Å². The van der Waals surface area contributed by atoms with Crippen LogP contribution in [0, 0.1) is 0 Å². The molecule has 32 heavy (non-hydrogen) atoms. The standard InChI is InChI=1S/C22H21F3N2O5/c23-22(24,25)13-32-20-7-4-14(10-26-20)21(29)27-8-9-30-15(11-27)12-31-19-3-1-2-16-17(19)5-6-18(16)28/h1-4,7,10,15H,5-6,8-9,11-13H2. The summed E-state index contributed by atoms with van der Waals surface area (Å²) in [6.45, 7) is -0.241. The molecule has 10 heteroatoms. The molecule has 1 saturated heterocycles. The van der Waals surface area contributed by atoms with Gasteiger partial charge in [-0.25, -0.2) is 4.98 Å². The number of morpholine rings is 1. The number of alkyl halides is 3. The number of aromatic nitrogens is 1. The van der Waals surface area contributed by atoms with Gasteiger partial charge in [0.2, 0.25) is 5.88 Å². The Kier molecular flexibility index (Phi) is 6.31. The molecule has 0 radical (unpaired) electrons. The van der Waals surface area contributed by atoms with Crippen LogP contribution < -0.4 is 9.47 Å². The van der Waals surface area contributed by atoms with E-state index in [2.05, 4.69) is 9.72 Å². The van der Waals surface area contributed by atoms with Crippen molar-refractivity contribution in [1.82, 2.24) is 9.88 Å². The number of carbonyl (C=O) groups excluding carboxylic acids is 2. The van der Waals surface area contributed by atoms with Gasteiger partial charge in [0, 0.05) is 36.4 Å². The average Bonchev–Trinajstić information content (AvgIpc) is 3.17. The van der Waals surface area contributed by atoms with E-state index in [9.17, 15) is 22.8 Å². The van der Waals surface area contributed by atoms with Gasteiger partial charge in [0.25, 0.3) is 5.91 Å². The van der Waals surface area contributed by atoms with Crippen LogP contribution in [0.5, 0.6) is 11.6 Å². The predicted molar refractivity (Wildman–Crippen MR) is 106 cm³/mol. The number of nitrogens with zero attached hydrogens (tertiary/aromatic N) is 2. The van der Waals surface area contributed by atoms with Crippen LogP contribution in [0.15, 0.2) is 36.5 Å². The number of halogens is 3. The molecular formula is C22H21F3N2O5. The molecule has 0 spiro atoms. The Morgan fingerprint density at radius 2 is 2.03 bits per heavy atom. The summed E-state index contributed by atoms with van der Waals surface area (Å²) in [5.74, 6) is 0.249. The zero-order chi connectivity index (χ0) is 22.7. The van der Waals surface area contributed by atoms with E-state index in [0.717, 1.165) is 5.56 Å². The number of pyridine rings is 1. The van der Waals surface area contributed by atoms with Crippen LogP contribution in [0.1, 0.15) is 32.7 Å². The van der Waals surface area contributed by atoms with Gasteiger partial charge in [-0.2, -0.15) is 13.2 Å². The molecule has 1 atom stereocenters. The number of benzene rings is 1. The fourth-order valence-electron chi connectivity index (χ4n) is 3.71. The molecule has 0 N–H and O–H groups in total. The molecule has 2 aromatic rings. The summed E-state index contributed by atoms with van der Waals surface area (Å²) in [6, 6.07) is 8.01. The molecule has 0 saturated carbocycles. The average molecular weight is 450 g/mol. The van der Waals surface area contributed by atoms with Crippen molar-refractivity contribution in [1.29, 1.82) is 0 Å². The first-order valence-electron chi connectivity index (χ1n) is 10.1. The maximum Gasteiger partial charge on any atom is 0.422 e. The van der Waals surface area contributed by atoms with Crippen molar-refractivity contribution in [2.75, 3.05) is 32.9 Å². The van der Waals surface area contributed by atoms with E-state index < -0.39 is 12.8 Å². The third-order valence-electron chi connectivity index (χ3n) is 5.25. The fourth-order valence-corrected chi connectivity index (χ4v) is 3.71. The van der Waals surface area contributed by atoms with Gasteiger partial charge in [-0.3, -0.25) is 9.59 Å². The van der Waals surface area contributed by atoms with Gasteiger partial charge in [0.05, 0.1) is 18.7 Å². The Morgan fingerprint density at radius 3 is 2.78 bits per heavy atom. The summed E-state index contributed by atoms with van der Waals surface area (Å²) in [7, 11) is 0. The summed E-state index contributed by atoms with van der Waals surface area (Å²) in [4.78, 5) is 30.0. The monoisotopic (exact) mass is 450 g/mol. The van der Waals surface area contributed by atoms with Gasteiger partial charge in [0.15, 0.2) is 12.4 Å². The van der Waals surface area contributed by atoms with E-state index in [4.69, 9.17) is 9.47 Å². The quantitative estimate of drug-likeness (QED) is 0.673. The predicted octanol–water partition coefficient (Wildman–Crippen LogP) is 3.07. The second-order valence-electron chi connectivity index (χ2n) is 7.55. The van der Waals surface area contributed by atoms with E-state index in [1.54, 1.807) is 17.0 Å². The normalized spacial score (nSPS) is 18.4. The number of amides is 1. The molecule has 7 nitrogen and oxygen atoms in total. The maximum atomic E-state index is 12.8. The highest BCUT2D eigenvalue weighted by Crippen LogP contribution is 2.30. The summed E-state index contributed by atoms with van der Waals surface area (Å²) in [6.07, 6.45) is -2.50. The Labute approximate surface area is 182 Å². The number of carbonyl (C=O) groups is 2. The van der Waals surface area contributed by atoms with Crippen molar-refractivity contribution in [3.05, 3.63) is 53.2 Å². The van der Waals surface area contributed by atoms with Crippen LogP contribution in [0.2, 0.25) is 0 Å². The molecule has 2 heterocycles. The lowest BCUT2D eigenvalue weighted by Crippen LogP contribution is -2.47. The van der Waals surface area contributed by atoms with Crippen molar-refractivity contribution >= 4 is 11.7 Å². The highest BCUT2D eigenvalue weighted by Gasteiger charge is 2.29. The Morgan fingerprint density at radius 1 is 1.19 bits per heavy atom. The molecule has 1 amide bonds. The van der Waals surface area contributed by atoms with Crippen molar-refractivity contribution in [3.8, 4) is 11.6 Å². The summed E-state index contributed by atoms with van der Waals surface area (Å²) in [5, 5.41) is 0. The summed E-state index contributed by atoms with van der Waals surface area (Å²) in [5.41, 5.74) is 1.84. The van der Waals surface area contributed by atoms with Crippen LogP contribution in [0.25, 0.3) is 0 Å². The lowest BCUT2D eigenvalue weighted by Gasteiger charge is -2.33. The van der Waals surface area contributed by atoms with E-state index in [-0.39, 0.29) is 35.8 Å². The van der Waals surface area contributed by atoms with Crippen LogP contribution >= 0.6 is 0 Å². The van der Waals surface area contributed by atoms with E-state index in [0.29, 0.717) is 43.9 Å². The molecule has 1 aromatic heterocycles. The third kappa shape index (κ3) is 5.18. The van der Waals surface area contributed by atoms with Gasteiger partial charge in [0.1, 0.15) is 18.5 Å². The van der Waals surface area contributed by atoms with Crippen LogP contribution in [-0.2, 0) is 11.2 Å². The molecule has 1 aromatic carbocycles. The molecule has 1 unspecified atom stereocenters.